The van der Waals surface area contributed by atoms with Gasteiger partial charge in [0.2, 0.25) is 0 Å². The lowest BCUT2D eigenvalue weighted by Crippen LogP contribution is -2.54. The molecule has 2 fully saturated rings. The fourth-order valence-corrected chi connectivity index (χ4v) is 4.96. The first-order chi connectivity index (χ1) is 12.5. The summed E-state index contributed by atoms with van der Waals surface area (Å²) in [5.74, 6) is 0. The van der Waals surface area contributed by atoms with Gasteiger partial charge in [-0.1, -0.05) is 65.0 Å². The Morgan fingerprint density at radius 1 is 1.11 bits per heavy atom. The second kappa shape index (κ2) is 7.60. The van der Waals surface area contributed by atoms with Gasteiger partial charge >= 0.3 is 0 Å². The summed E-state index contributed by atoms with van der Waals surface area (Å²) in [6.45, 7) is 17.1. The van der Waals surface area contributed by atoms with Crippen LogP contribution in [0.25, 0.3) is 0 Å². The summed E-state index contributed by atoms with van der Waals surface area (Å²) in [5, 5.41) is 0.194. The van der Waals surface area contributed by atoms with Crippen molar-refractivity contribution in [3.63, 3.8) is 0 Å². The Balaban J connectivity index is 1.61. The molecule has 0 spiro atoms. The number of fused-ring (bicyclic) bond motifs is 2. The molecule has 0 unspecified atom stereocenters. The third kappa shape index (κ3) is 4.48. The van der Waals surface area contributed by atoms with Crippen LogP contribution in [0.4, 0.5) is 0 Å². The molecule has 2 bridgehead atoms. The van der Waals surface area contributed by atoms with Gasteiger partial charge in [0.15, 0.2) is 14.6 Å². The van der Waals surface area contributed by atoms with Gasteiger partial charge in [0, 0.05) is 11.8 Å². The van der Waals surface area contributed by atoms with Gasteiger partial charge in [-0.2, -0.15) is 0 Å². The highest BCUT2D eigenvalue weighted by Crippen LogP contribution is 2.48. The van der Waals surface area contributed by atoms with Crippen LogP contribution in [0.15, 0.2) is 30.3 Å². The van der Waals surface area contributed by atoms with Crippen LogP contribution < -0.4 is 0 Å². The molecule has 0 aliphatic carbocycles. The first kappa shape index (κ1) is 21.0. The monoisotopic (exact) mass is 392 g/mol. The second-order valence-electron chi connectivity index (χ2n) is 10.1. The van der Waals surface area contributed by atoms with Crippen molar-refractivity contribution in [3.8, 4) is 0 Å². The number of benzene rings is 1. The van der Waals surface area contributed by atoms with Crippen molar-refractivity contribution in [1.29, 1.82) is 0 Å². The minimum absolute atomic E-state index is 0.0222. The molecule has 4 atom stereocenters. The molecule has 0 aromatic heterocycles. The first-order valence-corrected chi connectivity index (χ1v) is 13.0. The average Bonchev–Trinajstić information content (AvgIpc) is 2.93. The molecule has 1 aromatic rings. The maximum Gasteiger partial charge on any atom is 0.192 e. The standard InChI is InChI=1S/C22H36O4Si/c1-21(2,3)27(6,7)26-19-13-17-18(25-20(24-17)22(19,4)5)15-23-14-16-11-9-8-10-12-16/h8-12,17-20H,13-15H2,1-7H3/t17-,18+,19+,20-/m0/s1. The van der Waals surface area contributed by atoms with E-state index in [1.165, 1.54) is 5.56 Å². The van der Waals surface area contributed by atoms with Crippen LogP contribution in [0.1, 0.15) is 46.6 Å². The zero-order chi connectivity index (χ0) is 19.9. The van der Waals surface area contributed by atoms with Crippen molar-refractivity contribution in [1.82, 2.24) is 0 Å². The van der Waals surface area contributed by atoms with Crippen molar-refractivity contribution in [2.45, 2.75) is 90.4 Å². The zero-order valence-electron chi connectivity index (χ0n) is 18.0. The van der Waals surface area contributed by atoms with E-state index in [0.29, 0.717) is 13.2 Å². The van der Waals surface area contributed by atoms with E-state index in [9.17, 15) is 0 Å². The van der Waals surface area contributed by atoms with E-state index < -0.39 is 8.32 Å². The highest BCUT2D eigenvalue weighted by Gasteiger charge is 2.56. The van der Waals surface area contributed by atoms with Gasteiger partial charge in [0.05, 0.1) is 25.4 Å². The highest BCUT2D eigenvalue weighted by molar-refractivity contribution is 6.74. The smallest absolute Gasteiger partial charge is 0.192 e. The molecule has 2 heterocycles. The van der Waals surface area contributed by atoms with E-state index in [4.69, 9.17) is 18.6 Å². The lowest BCUT2D eigenvalue weighted by Gasteiger charge is -2.47. The summed E-state index contributed by atoms with van der Waals surface area (Å²) in [5.41, 5.74) is 1.01. The number of ether oxygens (including phenoxy) is 3. The Morgan fingerprint density at radius 2 is 1.78 bits per heavy atom. The van der Waals surface area contributed by atoms with Crippen LogP contribution in [-0.4, -0.2) is 39.5 Å². The lowest BCUT2D eigenvalue weighted by molar-refractivity contribution is -0.199. The molecule has 5 heteroatoms. The Kier molecular flexibility index (Phi) is 5.91. The van der Waals surface area contributed by atoms with E-state index in [2.05, 4.69) is 59.8 Å². The van der Waals surface area contributed by atoms with Crippen LogP contribution >= 0.6 is 0 Å². The molecule has 0 radical (unpaired) electrons. The molecule has 3 rings (SSSR count). The van der Waals surface area contributed by atoms with E-state index in [1.807, 2.05) is 18.2 Å². The third-order valence-electron chi connectivity index (χ3n) is 6.53. The minimum Gasteiger partial charge on any atom is -0.413 e. The van der Waals surface area contributed by atoms with Gasteiger partial charge in [0.25, 0.3) is 0 Å². The molecule has 4 nitrogen and oxygen atoms in total. The van der Waals surface area contributed by atoms with Gasteiger partial charge < -0.3 is 18.6 Å². The molecule has 0 amide bonds. The van der Waals surface area contributed by atoms with Gasteiger partial charge in [-0.25, -0.2) is 0 Å². The minimum atomic E-state index is -1.85. The van der Waals surface area contributed by atoms with Crippen molar-refractivity contribution in [2.75, 3.05) is 6.61 Å². The van der Waals surface area contributed by atoms with Crippen LogP contribution in [-0.2, 0) is 25.2 Å². The highest BCUT2D eigenvalue weighted by atomic mass is 28.4. The SMILES string of the molecule is CC1(C)[C@H]2O[C@@H](C[C@H]1O[Si](C)(C)C(C)(C)C)[C@@H](COCc1ccccc1)O2. The molecule has 27 heavy (non-hydrogen) atoms. The first-order valence-electron chi connectivity index (χ1n) is 10.1. The van der Waals surface area contributed by atoms with E-state index in [0.717, 1.165) is 6.42 Å². The Labute approximate surface area is 165 Å². The predicted octanol–water partition coefficient (Wildman–Crippen LogP) is 5.13. The molecule has 0 saturated carbocycles. The van der Waals surface area contributed by atoms with Crippen molar-refractivity contribution < 1.29 is 18.6 Å². The summed E-state index contributed by atoms with van der Waals surface area (Å²) in [6.07, 6.45) is 0.826. The third-order valence-corrected chi connectivity index (χ3v) is 11.0. The number of hydrogen-bond acceptors (Lipinski definition) is 4. The summed E-state index contributed by atoms with van der Waals surface area (Å²) in [4.78, 5) is 0. The predicted molar refractivity (Wildman–Crippen MR) is 110 cm³/mol. The van der Waals surface area contributed by atoms with Crippen LogP contribution in [0.5, 0.6) is 0 Å². The van der Waals surface area contributed by atoms with Gasteiger partial charge in [-0.3, -0.25) is 0 Å². The molecule has 152 valence electrons. The Hall–Kier alpha value is -0.723. The van der Waals surface area contributed by atoms with E-state index >= 15 is 0 Å². The summed E-state index contributed by atoms with van der Waals surface area (Å²) in [7, 11) is -1.85. The molecular formula is C22H36O4Si. The van der Waals surface area contributed by atoms with Crippen molar-refractivity contribution in [3.05, 3.63) is 35.9 Å². The number of hydrogen-bond donors (Lipinski definition) is 0. The normalized spacial score (nSPS) is 30.5. The summed E-state index contributed by atoms with van der Waals surface area (Å²) >= 11 is 0. The average molecular weight is 393 g/mol. The maximum absolute atomic E-state index is 6.80. The van der Waals surface area contributed by atoms with Crippen LogP contribution in [0.2, 0.25) is 18.1 Å². The van der Waals surface area contributed by atoms with Crippen LogP contribution in [0.3, 0.4) is 0 Å². The quantitative estimate of drug-likeness (QED) is 0.629. The molecule has 2 saturated heterocycles. The zero-order valence-corrected chi connectivity index (χ0v) is 19.0. The molecule has 2 aliphatic heterocycles. The molecule has 1 aromatic carbocycles. The number of rotatable bonds is 6. The fourth-order valence-electron chi connectivity index (χ4n) is 3.50. The molecule has 2 aliphatic rings. The van der Waals surface area contributed by atoms with E-state index in [-0.39, 0.29) is 35.1 Å². The second-order valence-corrected chi connectivity index (χ2v) is 14.9. The Bertz CT molecular complexity index is 623. The Morgan fingerprint density at radius 3 is 2.41 bits per heavy atom. The topological polar surface area (TPSA) is 36.9 Å². The molecular weight excluding hydrogens is 356 g/mol. The maximum atomic E-state index is 6.80. The largest absolute Gasteiger partial charge is 0.413 e. The molecule has 0 N–H and O–H groups in total. The van der Waals surface area contributed by atoms with Crippen LogP contribution in [0, 0.1) is 5.41 Å². The lowest BCUT2D eigenvalue weighted by atomic mass is 9.81. The van der Waals surface area contributed by atoms with Gasteiger partial charge in [-0.15, -0.1) is 0 Å². The van der Waals surface area contributed by atoms with Crippen molar-refractivity contribution in [2.24, 2.45) is 5.41 Å². The summed E-state index contributed by atoms with van der Waals surface area (Å²) < 4.78 is 25.2. The summed E-state index contributed by atoms with van der Waals surface area (Å²) in [6, 6.07) is 10.2. The van der Waals surface area contributed by atoms with Gasteiger partial charge in [-0.05, 0) is 23.7 Å². The fraction of sp³-hybridized carbons (Fsp3) is 0.727. The van der Waals surface area contributed by atoms with Gasteiger partial charge in [0.1, 0.15) is 6.10 Å². The van der Waals surface area contributed by atoms with E-state index in [1.54, 1.807) is 0 Å². The van der Waals surface area contributed by atoms with Crippen molar-refractivity contribution >= 4 is 8.32 Å².